The molecule has 0 saturated carbocycles. The number of carbonyl (C=O) groups is 1. The van der Waals surface area contributed by atoms with Crippen LogP contribution in [0, 0.1) is 6.92 Å². The summed E-state index contributed by atoms with van der Waals surface area (Å²) in [6.07, 6.45) is 0. The van der Waals surface area contributed by atoms with Crippen LogP contribution in [0.3, 0.4) is 0 Å². The quantitative estimate of drug-likeness (QED) is 0.551. The van der Waals surface area contributed by atoms with E-state index in [0.29, 0.717) is 60.2 Å². The Kier molecular flexibility index (Phi) is 6.75. The molecule has 1 saturated heterocycles. The summed E-state index contributed by atoms with van der Waals surface area (Å²) >= 11 is 12.0. The standard InChI is InChI=1S/C22H22Cl2N4O3/c1-15-2-4-16(5-3-15)22-25-20(31-26-22)13-27-8-10-28(11-9-27)21(29)14-30-19-12-17(23)6-7-18(19)24/h2-7,12H,8-11,13-14H2,1H3. The molecule has 3 aromatic rings. The molecule has 1 aliphatic rings. The molecular formula is C22H22Cl2N4O3. The van der Waals surface area contributed by atoms with Crippen molar-refractivity contribution >= 4 is 29.1 Å². The molecule has 1 amide bonds. The second-order valence-electron chi connectivity index (χ2n) is 7.40. The number of benzene rings is 2. The highest BCUT2D eigenvalue weighted by Gasteiger charge is 2.23. The topological polar surface area (TPSA) is 71.7 Å². The minimum atomic E-state index is -0.0878. The lowest BCUT2D eigenvalue weighted by atomic mass is 10.1. The predicted molar refractivity (Wildman–Crippen MR) is 118 cm³/mol. The number of hydrogen-bond donors (Lipinski definition) is 0. The first-order chi connectivity index (χ1) is 15.0. The van der Waals surface area contributed by atoms with Crippen molar-refractivity contribution in [3.05, 3.63) is 64.0 Å². The van der Waals surface area contributed by atoms with Gasteiger partial charge in [0.05, 0.1) is 11.6 Å². The van der Waals surface area contributed by atoms with Crippen LogP contribution in [0.2, 0.25) is 10.0 Å². The summed E-state index contributed by atoms with van der Waals surface area (Å²) in [6.45, 7) is 5.14. The Labute approximate surface area is 190 Å². The predicted octanol–water partition coefficient (Wildman–Crippen LogP) is 4.08. The molecule has 9 heteroatoms. The number of hydrogen-bond acceptors (Lipinski definition) is 6. The van der Waals surface area contributed by atoms with E-state index in [4.69, 9.17) is 32.5 Å². The number of carbonyl (C=O) groups excluding carboxylic acids is 1. The number of aryl methyl sites for hydroxylation is 1. The molecule has 1 aliphatic heterocycles. The Hall–Kier alpha value is -2.61. The zero-order chi connectivity index (χ0) is 21.8. The summed E-state index contributed by atoms with van der Waals surface area (Å²) in [5, 5.41) is 5.01. The van der Waals surface area contributed by atoms with Gasteiger partial charge in [-0.3, -0.25) is 9.69 Å². The highest BCUT2D eigenvalue weighted by Crippen LogP contribution is 2.27. The van der Waals surface area contributed by atoms with E-state index >= 15 is 0 Å². The molecule has 0 unspecified atom stereocenters. The van der Waals surface area contributed by atoms with Gasteiger partial charge in [-0.05, 0) is 19.1 Å². The number of halogens is 2. The lowest BCUT2D eigenvalue weighted by Crippen LogP contribution is -2.49. The van der Waals surface area contributed by atoms with Gasteiger partial charge < -0.3 is 14.2 Å². The van der Waals surface area contributed by atoms with Crippen molar-refractivity contribution < 1.29 is 14.1 Å². The van der Waals surface area contributed by atoms with Crippen LogP contribution in [0.25, 0.3) is 11.4 Å². The molecule has 2 heterocycles. The molecule has 0 spiro atoms. The van der Waals surface area contributed by atoms with Crippen LogP contribution in [0.5, 0.6) is 5.75 Å². The summed E-state index contributed by atoms with van der Waals surface area (Å²) in [4.78, 5) is 20.9. The first-order valence-corrected chi connectivity index (χ1v) is 10.7. The van der Waals surface area contributed by atoms with Gasteiger partial charge in [0.15, 0.2) is 6.61 Å². The van der Waals surface area contributed by atoms with Crippen molar-refractivity contribution in [3.8, 4) is 17.1 Å². The zero-order valence-electron chi connectivity index (χ0n) is 17.1. The van der Waals surface area contributed by atoms with Crippen LogP contribution in [0.4, 0.5) is 0 Å². The fourth-order valence-corrected chi connectivity index (χ4v) is 3.64. The van der Waals surface area contributed by atoms with E-state index in [2.05, 4.69) is 15.0 Å². The molecule has 0 radical (unpaired) electrons. The van der Waals surface area contributed by atoms with Gasteiger partial charge in [-0.25, -0.2) is 0 Å². The second-order valence-corrected chi connectivity index (χ2v) is 8.24. The maximum absolute atomic E-state index is 12.5. The van der Waals surface area contributed by atoms with Gasteiger partial charge in [-0.1, -0.05) is 58.2 Å². The first-order valence-electron chi connectivity index (χ1n) is 9.95. The molecule has 0 atom stereocenters. The van der Waals surface area contributed by atoms with E-state index in [1.165, 1.54) is 5.56 Å². The smallest absolute Gasteiger partial charge is 0.260 e. The normalized spacial score (nSPS) is 14.6. The van der Waals surface area contributed by atoms with E-state index < -0.39 is 0 Å². The van der Waals surface area contributed by atoms with Crippen LogP contribution in [0.15, 0.2) is 47.0 Å². The van der Waals surface area contributed by atoms with E-state index in [0.717, 1.165) is 5.56 Å². The van der Waals surface area contributed by atoms with E-state index in [-0.39, 0.29) is 12.5 Å². The largest absolute Gasteiger partial charge is 0.482 e. The lowest BCUT2D eigenvalue weighted by molar-refractivity contribution is -0.135. The lowest BCUT2D eigenvalue weighted by Gasteiger charge is -2.33. The van der Waals surface area contributed by atoms with Crippen LogP contribution >= 0.6 is 23.2 Å². The van der Waals surface area contributed by atoms with Crippen molar-refractivity contribution in [2.45, 2.75) is 13.5 Å². The second kappa shape index (κ2) is 9.68. The molecule has 1 aromatic heterocycles. The molecule has 162 valence electrons. The molecular weight excluding hydrogens is 439 g/mol. The highest BCUT2D eigenvalue weighted by molar-refractivity contribution is 6.34. The maximum atomic E-state index is 12.5. The van der Waals surface area contributed by atoms with Crippen LogP contribution < -0.4 is 4.74 Å². The van der Waals surface area contributed by atoms with Crippen LogP contribution in [0.1, 0.15) is 11.5 Å². The molecule has 31 heavy (non-hydrogen) atoms. The number of piperazine rings is 1. The van der Waals surface area contributed by atoms with Gasteiger partial charge in [-0.15, -0.1) is 0 Å². The third kappa shape index (κ3) is 5.55. The van der Waals surface area contributed by atoms with E-state index in [9.17, 15) is 4.79 Å². The van der Waals surface area contributed by atoms with Crippen molar-refractivity contribution in [2.24, 2.45) is 0 Å². The third-order valence-corrected chi connectivity index (χ3v) is 5.65. The maximum Gasteiger partial charge on any atom is 0.260 e. The Morgan fingerprint density at radius 3 is 2.58 bits per heavy atom. The minimum Gasteiger partial charge on any atom is -0.482 e. The fourth-order valence-electron chi connectivity index (χ4n) is 3.30. The summed E-state index contributed by atoms with van der Waals surface area (Å²) < 4.78 is 11.0. The number of nitrogens with zero attached hydrogens (tertiary/aromatic N) is 4. The number of amides is 1. The summed E-state index contributed by atoms with van der Waals surface area (Å²) in [5.41, 5.74) is 2.11. The molecule has 0 N–H and O–H groups in total. The Morgan fingerprint density at radius 1 is 1.10 bits per heavy atom. The SMILES string of the molecule is Cc1ccc(-c2noc(CN3CCN(C(=O)COc4cc(Cl)ccc4Cl)CC3)n2)cc1. The van der Waals surface area contributed by atoms with Gasteiger partial charge in [0.1, 0.15) is 5.75 Å². The summed E-state index contributed by atoms with van der Waals surface area (Å²) in [5.74, 6) is 1.46. The number of aromatic nitrogens is 2. The van der Waals surface area contributed by atoms with E-state index in [1.807, 2.05) is 31.2 Å². The van der Waals surface area contributed by atoms with Gasteiger partial charge in [0.25, 0.3) is 5.91 Å². The minimum absolute atomic E-state index is 0.0797. The Balaban J connectivity index is 1.25. The number of ether oxygens (including phenoxy) is 1. The molecule has 0 bridgehead atoms. The monoisotopic (exact) mass is 460 g/mol. The third-order valence-electron chi connectivity index (χ3n) is 5.11. The fraction of sp³-hybridized carbons (Fsp3) is 0.318. The zero-order valence-corrected chi connectivity index (χ0v) is 18.6. The van der Waals surface area contributed by atoms with Crippen LogP contribution in [-0.4, -0.2) is 58.6 Å². The molecule has 4 rings (SSSR count). The molecule has 1 fully saturated rings. The Morgan fingerprint density at radius 2 is 1.84 bits per heavy atom. The van der Waals surface area contributed by atoms with Gasteiger partial charge in [0.2, 0.25) is 11.7 Å². The average Bonchev–Trinajstić information content (AvgIpc) is 3.23. The molecule has 2 aromatic carbocycles. The Bertz CT molecular complexity index is 1050. The molecule has 7 nitrogen and oxygen atoms in total. The van der Waals surface area contributed by atoms with Crippen molar-refractivity contribution in [1.29, 1.82) is 0 Å². The first kappa shape index (κ1) is 21.6. The van der Waals surface area contributed by atoms with Crippen molar-refractivity contribution in [3.63, 3.8) is 0 Å². The van der Waals surface area contributed by atoms with Gasteiger partial charge in [0, 0.05) is 42.8 Å². The summed E-state index contributed by atoms with van der Waals surface area (Å²) in [7, 11) is 0. The van der Waals surface area contributed by atoms with Gasteiger partial charge >= 0.3 is 0 Å². The average molecular weight is 461 g/mol. The highest BCUT2D eigenvalue weighted by atomic mass is 35.5. The molecule has 0 aliphatic carbocycles. The number of rotatable bonds is 6. The van der Waals surface area contributed by atoms with Gasteiger partial charge in [-0.2, -0.15) is 4.98 Å². The summed E-state index contributed by atoms with van der Waals surface area (Å²) in [6, 6.07) is 12.9. The van der Waals surface area contributed by atoms with Crippen molar-refractivity contribution in [2.75, 3.05) is 32.8 Å². The van der Waals surface area contributed by atoms with E-state index in [1.54, 1.807) is 23.1 Å². The van der Waals surface area contributed by atoms with Crippen molar-refractivity contribution in [1.82, 2.24) is 19.9 Å². The van der Waals surface area contributed by atoms with Crippen LogP contribution in [-0.2, 0) is 11.3 Å².